The summed E-state index contributed by atoms with van der Waals surface area (Å²) in [5.74, 6) is -3.00. The minimum Gasteiger partial charge on any atom is -0.450 e. The van der Waals surface area contributed by atoms with E-state index >= 15 is 8.78 Å². The summed E-state index contributed by atoms with van der Waals surface area (Å²) >= 11 is 5.99. The molecule has 0 aromatic carbocycles. The number of ketones is 1. The standard InChI is InChI=1S/C25H33ClF2O4/c1-5-21(31)32-25(20(30)13-26)14(2)10-16-17-11-18(27)15-8-6-7-9-22(15,3)24(17,28)19(29)12-23(16,25)4/h6-8,14,16-19,29H,5,9-13H2,1-4H3/t14-,16-,17-,18-,19-,22-,23-,24-,25-/m0/s1. The summed E-state index contributed by atoms with van der Waals surface area (Å²) in [5.41, 5.74) is -5.44. The lowest BCUT2D eigenvalue weighted by molar-refractivity contribution is -0.236. The van der Waals surface area contributed by atoms with Gasteiger partial charge in [-0.15, -0.1) is 11.6 Å². The van der Waals surface area contributed by atoms with Crippen LogP contribution in [0.3, 0.4) is 0 Å². The minimum absolute atomic E-state index is 0.0574. The number of ether oxygens (including phenoxy) is 1. The molecule has 32 heavy (non-hydrogen) atoms. The molecule has 0 unspecified atom stereocenters. The summed E-state index contributed by atoms with van der Waals surface area (Å²) < 4.78 is 38.5. The van der Waals surface area contributed by atoms with Crippen LogP contribution in [0.4, 0.5) is 8.78 Å². The van der Waals surface area contributed by atoms with Gasteiger partial charge in [0.1, 0.15) is 11.8 Å². The summed E-state index contributed by atoms with van der Waals surface area (Å²) in [7, 11) is 0. The number of aliphatic hydroxyl groups excluding tert-OH is 1. The third kappa shape index (κ3) is 2.68. The van der Waals surface area contributed by atoms with Crippen molar-refractivity contribution in [1.82, 2.24) is 0 Å². The lowest BCUT2D eigenvalue weighted by Crippen LogP contribution is -2.71. The molecule has 0 aromatic rings. The average molecular weight is 471 g/mol. The van der Waals surface area contributed by atoms with Crippen LogP contribution in [0.2, 0.25) is 0 Å². The highest BCUT2D eigenvalue weighted by molar-refractivity contribution is 6.29. The fourth-order valence-corrected chi connectivity index (χ4v) is 8.13. The number of halogens is 3. The van der Waals surface area contributed by atoms with Crippen LogP contribution in [0.25, 0.3) is 0 Å². The zero-order valence-corrected chi connectivity index (χ0v) is 19.9. The van der Waals surface area contributed by atoms with E-state index in [2.05, 4.69) is 0 Å². The maximum Gasteiger partial charge on any atom is 0.306 e. The number of esters is 1. The van der Waals surface area contributed by atoms with Crippen molar-refractivity contribution >= 4 is 23.4 Å². The van der Waals surface area contributed by atoms with Gasteiger partial charge in [-0.3, -0.25) is 9.59 Å². The molecule has 0 saturated heterocycles. The molecular formula is C25H33ClF2O4. The maximum absolute atomic E-state index is 17.2. The van der Waals surface area contributed by atoms with E-state index in [9.17, 15) is 14.7 Å². The monoisotopic (exact) mass is 470 g/mol. The highest BCUT2D eigenvalue weighted by Crippen LogP contribution is 2.72. The largest absolute Gasteiger partial charge is 0.450 e. The second-order valence-electron chi connectivity index (χ2n) is 10.7. The molecule has 4 aliphatic rings. The summed E-state index contributed by atoms with van der Waals surface area (Å²) in [6, 6.07) is 0. The Hall–Kier alpha value is -1.27. The third-order valence-corrected chi connectivity index (χ3v) is 9.66. The molecule has 0 amide bonds. The molecule has 1 N–H and O–H groups in total. The number of aliphatic hydroxyl groups is 1. The topological polar surface area (TPSA) is 63.6 Å². The quantitative estimate of drug-likeness (QED) is 0.470. The van der Waals surface area contributed by atoms with Gasteiger partial charge >= 0.3 is 5.97 Å². The van der Waals surface area contributed by atoms with Gasteiger partial charge in [0.2, 0.25) is 0 Å². The highest BCUT2D eigenvalue weighted by atomic mass is 35.5. The van der Waals surface area contributed by atoms with E-state index in [1.165, 1.54) is 0 Å². The molecule has 0 aromatic heterocycles. The van der Waals surface area contributed by atoms with Crippen molar-refractivity contribution in [1.29, 1.82) is 0 Å². The Kier molecular flexibility index (Phi) is 5.69. The van der Waals surface area contributed by atoms with E-state index in [0.29, 0.717) is 18.4 Å². The summed E-state index contributed by atoms with van der Waals surface area (Å²) in [5, 5.41) is 11.4. The van der Waals surface area contributed by atoms with Gasteiger partial charge in [0, 0.05) is 29.1 Å². The van der Waals surface area contributed by atoms with Crippen LogP contribution in [0, 0.1) is 28.6 Å². The molecule has 9 atom stereocenters. The zero-order valence-electron chi connectivity index (χ0n) is 19.2. The van der Waals surface area contributed by atoms with Gasteiger partial charge in [-0.25, -0.2) is 8.78 Å². The smallest absolute Gasteiger partial charge is 0.306 e. The molecule has 0 heterocycles. The van der Waals surface area contributed by atoms with E-state index in [-0.39, 0.29) is 25.1 Å². The first-order valence-electron chi connectivity index (χ1n) is 11.6. The van der Waals surface area contributed by atoms with E-state index in [1.54, 1.807) is 32.9 Å². The molecule has 0 bridgehead atoms. The Labute approximate surface area is 193 Å². The van der Waals surface area contributed by atoms with Crippen molar-refractivity contribution < 1.29 is 28.2 Å². The first-order valence-corrected chi connectivity index (χ1v) is 12.2. The van der Waals surface area contributed by atoms with Crippen LogP contribution in [0.15, 0.2) is 23.8 Å². The van der Waals surface area contributed by atoms with Crippen LogP contribution < -0.4 is 0 Å². The van der Waals surface area contributed by atoms with Crippen molar-refractivity contribution in [3.63, 3.8) is 0 Å². The van der Waals surface area contributed by atoms with Gasteiger partial charge in [-0.05, 0) is 37.2 Å². The lowest BCUT2D eigenvalue weighted by Gasteiger charge is -2.63. The van der Waals surface area contributed by atoms with Crippen molar-refractivity contribution in [2.45, 2.75) is 83.3 Å². The minimum atomic E-state index is -2.05. The van der Waals surface area contributed by atoms with E-state index in [4.69, 9.17) is 16.3 Å². The second-order valence-corrected chi connectivity index (χ2v) is 10.9. The molecule has 0 radical (unpaired) electrons. The zero-order chi connectivity index (χ0) is 23.7. The molecule has 0 aliphatic heterocycles. The van der Waals surface area contributed by atoms with Crippen LogP contribution in [-0.4, -0.2) is 46.3 Å². The SMILES string of the molecule is CCC(=O)O[C@]1(C(=O)CCl)[C@@H](C)C[C@H]2[C@@H]3C[C@H](F)C4=CC=CC[C@]4(C)[C@@]3(F)[C@@H](O)C[C@@]21C. The van der Waals surface area contributed by atoms with Gasteiger partial charge in [0.25, 0.3) is 0 Å². The van der Waals surface area contributed by atoms with Crippen molar-refractivity contribution in [3.05, 3.63) is 23.8 Å². The van der Waals surface area contributed by atoms with E-state index in [1.807, 2.05) is 13.0 Å². The number of Topliss-reactive ketones (excluding diaryl/α,β-unsaturated/α-hetero) is 1. The van der Waals surface area contributed by atoms with Crippen molar-refractivity contribution in [2.24, 2.45) is 28.6 Å². The normalized spacial score (nSPS) is 49.5. The predicted octanol–water partition coefficient (Wildman–Crippen LogP) is 4.87. The molecular weight excluding hydrogens is 438 g/mol. The fourth-order valence-electron chi connectivity index (χ4n) is 7.93. The Morgan fingerprint density at radius 2 is 1.97 bits per heavy atom. The number of hydrogen-bond acceptors (Lipinski definition) is 4. The lowest BCUT2D eigenvalue weighted by atomic mass is 9.44. The predicted molar refractivity (Wildman–Crippen MR) is 118 cm³/mol. The third-order valence-electron chi connectivity index (χ3n) is 9.41. The van der Waals surface area contributed by atoms with Crippen LogP contribution in [0.1, 0.15) is 59.8 Å². The highest BCUT2D eigenvalue weighted by Gasteiger charge is 2.77. The van der Waals surface area contributed by atoms with Crippen LogP contribution in [-0.2, 0) is 14.3 Å². The molecule has 3 saturated carbocycles. The number of allylic oxidation sites excluding steroid dienone is 4. The fraction of sp³-hybridized carbons (Fsp3) is 0.760. The molecule has 7 heteroatoms. The summed E-state index contributed by atoms with van der Waals surface area (Å²) in [4.78, 5) is 25.7. The molecule has 4 aliphatic carbocycles. The van der Waals surface area contributed by atoms with Crippen molar-refractivity contribution in [2.75, 3.05) is 5.88 Å². The maximum atomic E-state index is 17.2. The number of carbonyl (C=O) groups is 2. The van der Waals surface area contributed by atoms with E-state index in [0.717, 1.165) is 0 Å². The number of carbonyl (C=O) groups excluding carboxylic acids is 2. The first-order chi connectivity index (χ1) is 14.9. The molecule has 4 nitrogen and oxygen atoms in total. The van der Waals surface area contributed by atoms with Gasteiger partial charge in [0.05, 0.1) is 12.0 Å². The van der Waals surface area contributed by atoms with Crippen molar-refractivity contribution in [3.8, 4) is 0 Å². The number of hydrogen-bond donors (Lipinski definition) is 1. The Balaban J connectivity index is 1.87. The van der Waals surface area contributed by atoms with Crippen LogP contribution in [0.5, 0.6) is 0 Å². The van der Waals surface area contributed by atoms with Gasteiger partial charge < -0.3 is 9.84 Å². The molecule has 178 valence electrons. The van der Waals surface area contributed by atoms with Gasteiger partial charge in [0.15, 0.2) is 11.4 Å². The summed E-state index contributed by atoms with van der Waals surface area (Å²) in [6.07, 6.45) is 3.11. The molecule has 0 spiro atoms. The first kappa shape index (κ1) is 23.9. The summed E-state index contributed by atoms with van der Waals surface area (Å²) in [6.45, 7) is 6.96. The second kappa shape index (κ2) is 7.63. The number of alkyl halides is 3. The van der Waals surface area contributed by atoms with Crippen LogP contribution >= 0.6 is 11.6 Å². The van der Waals surface area contributed by atoms with Gasteiger partial charge in [-0.1, -0.05) is 45.9 Å². The Bertz CT molecular complexity index is 889. The number of fused-ring (bicyclic) bond motifs is 5. The Morgan fingerprint density at radius 1 is 1.28 bits per heavy atom. The Morgan fingerprint density at radius 3 is 2.59 bits per heavy atom. The number of rotatable bonds is 4. The molecule has 4 rings (SSSR count). The molecule has 3 fully saturated rings. The van der Waals surface area contributed by atoms with Gasteiger partial charge in [-0.2, -0.15) is 0 Å². The average Bonchev–Trinajstić information content (AvgIpc) is 2.97. The van der Waals surface area contributed by atoms with E-state index < -0.39 is 63.9 Å².